The van der Waals surface area contributed by atoms with Crippen LogP contribution in [0.1, 0.15) is 33.1 Å². The van der Waals surface area contributed by atoms with Crippen LogP contribution in [0, 0.1) is 17.8 Å². The summed E-state index contributed by atoms with van der Waals surface area (Å²) in [5.74, 6) is -3.73. The molecule has 6 heteroatoms. The number of methoxy groups -OCH3 is 1. The molecule has 3 unspecified atom stereocenters. The lowest BCUT2D eigenvalue weighted by molar-refractivity contribution is -0.148. The molecular formula is C12H21NO5. The third-order valence-electron chi connectivity index (χ3n) is 3.06. The lowest BCUT2D eigenvalue weighted by Gasteiger charge is -2.19. The first kappa shape index (κ1) is 16.4. The Morgan fingerprint density at radius 1 is 1.22 bits per heavy atom. The van der Waals surface area contributed by atoms with Gasteiger partial charge in [0.1, 0.15) is 0 Å². The molecule has 0 saturated heterocycles. The van der Waals surface area contributed by atoms with Crippen LogP contribution in [0.2, 0.25) is 0 Å². The Morgan fingerprint density at radius 2 is 1.78 bits per heavy atom. The van der Waals surface area contributed by atoms with Crippen molar-refractivity contribution in [2.45, 2.75) is 33.1 Å². The van der Waals surface area contributed by atoms with E-state index in [-0.39, 0.29) is 12.8 Å². The van der Waals surface area contributed by atoms with E-state index in [4.69, 9.17) is 10.8 Å². The van der Waals surface area contributed by atoms with Crippen LogP contribution < -0.4 is 5.73 Å². The third-order valence-corrected chi connectivity index (χ3v) is 3.06. The maximum absolute atomic E-state index is 11.3. The molecule has 1 amide bonds. The Balaban J connectivity index is 4.62. The molecular weight excluding hydrogens is 238 g/mol. The van der Waals surface area contributed by atoms with Crippen molar-refractivity contribution >= 4 is 17.8 Å². The molecule has 6 nitrogen and oxygen atoms in total. The Hall–Kier alpha value is -1.59. The summed E-state index contributed by atoms with van der Waals surface area (Å²) in [6.07, 6.45) is 0.792. The van der Waals surface area contributed by atoms with Crippen molar-refractivity contribution < 1.29 is 24.2 Å². The molecule has 3 atom stereocenters. The highest BCUT2D eigenvalue weighted by molar-refractivity contribution is 5.78. The number of carbonyl (C=O) groups excluding carboxylic acids is 2. The smallest absolute Gasteiger partial charge is 0.308 e. The number of rotatable bonds is 8. The topological polar surface area (TPSA) is 107 Å². The van der Waals surface area contributed by atoms with Gasteiger partial charge in [-0.25, -0.2) is 0 Å². The van der Waals surface area contributed by atoms with E-state index in [2.05, 4.69) is 4.74 Å². The van der Waals surface area contributed by atoms with Crippen LogP contribution in [0.25, 0.3) is 0 Å². The number of primary amides is 1. The number of nitrogens with two attached hydrogens (primary N) is 1. The summed E-state index contributed by atoms with van der Waals surface area (Å²) in [4.78, 5) is 33.5. The fourth-order valence-corrected chi connectivity index (χ4v) is 1.85. The number of hydrogen-bond donors (Lipinski definition) is 2. The fourth-order valence-electron chi connectivity index (χ4n) is 1.85. The minimum Gasteiger partial charge on any atom is -0.481 e. The lowest BCUT2D eigenvalue weighted by atomic mass is 9.86. The molecule has 0 bridgehead atoms. The lowest BCUT2D eigenvalue weighted by Crippen LogP contribution is -2.29. The molecule has 0 heterocycles. The first-order valence-electron chi connectivity index (χ1n) is 5.93. The second kappa shape index (κ2) is 7.68. The normalized spacial score (nSPS) is 15.5. The van der Waals surface area contributed by atoms with E-state index in [9.17, 15) is 14.4 Å². The van der Waals surface area contributed by atoms with Crippen molar-refractivity contribution in [1.82, 2.24) is 0 Å². The number of aliphatic carboxylic acids is 1. The van der Waals surface area contributed by atoms with Gasteiger partial charge in [0.15, 0.2) is 0 Å². The molecule has 0 aromatic rings. The SMILES string of the molecule is CCC(CC(CC(C)C(=O)OC)C(=O)O)C(N)=O. The third kappa shape index (κ3) is 5.16. The Kier molecular flexibility index (Phi) is 7.00. The van der Waals surface area contributed by atoms with Gasteiger partial charge in [0.2, 0.25) is 5.91 Å². The molecule has 0 fully saturated rings. The van der Waals surface area contributed by atoms with Crippen molar-refractivity contribution in [3.8, 4) is 0 Å². The number of ether oxygens (including phenoxy) is 1. The molecule has 0 spiro atoms. The van der Waals surface area contributed by atoms with Gasteiger partial charge in [-0.3, -0.25) is 14.4 Å². The maximum Gasteiger partial charge on any atom is 0.308 e. The molecule has 104 valence electrons. The van der Waals surface area contributed by atoms with E-state index in [1.807, 2.05) is 0 Å². The van der Waals surface area contributed by atoms with Gasteiger partial charge in [-0.15, -0.1) is 0 Å². The molecule has 18 heavy (non-hydrogen) atoms. The quantitative estimate of drug-likeness (QED) is 0.627. The summed E-state index contributed by atoms with van der Waals surface area (Å²) in [6.45, 7) is 3.38. The second-order valence-electron chi connectivity index (χ2n) is 4.44. The van der Waals surface area contributed by atoms with Gasteiger partial charge in [0, 0.05) is 5.92 Å². The maximum atomic E-state index is 11.3. The van der Waals surface area contributed by atoms with Gasteiger partial charge in [-0.05, 0) is 19.3 Å². The molecule has 0 aliphatic rings. The van der Waals surface area contributed by atoms with Crippen LogP contribution >= 0.6 is 0 Å². The Morgan fingerprint density at radius 3 is 2.11 bits per heavy atom. The van der Waals surface area contributed by atoms with Crippen molar-refractivity contribution in [3.63, 3.8) is 0 Å². The molecule has 0 aliphatic carbocycles. The molecule has 0 saturated carbocycles. The molecule has 0 aromatic heterocycles. The standard InChI is InChI=1S/C12H21NO5/c1-4-8(10(13)14)6-9(11(15)16)5-7(2)12(17)18-3/h7-9H,4-6H2,1-3H3,(H2,13,14)(H,15,16). The number of carbonyl (C=O) groups is 3. The summed E-state index contributed by atoms with van der Waals surface area (Å²) < 4.78 is 4.55. The van der Waals surface area contributed by atoms with Gasteiger partial charge >= 0.3 is 11.9 Å². The number of carboxylic acid groups (broad SMARTS) is 1. The van der Waals surface area contributed by atoms with E-state index >= 15 is 0 Å². The highest BCUT2D eigenvalue weighted by Gasteiger charge is 2.28. The van der Waals surface area contributed by atoms with E-state index in [0.717, 1.165) is 0 Å². The average molecular weight is 259 g/mol. The summed E-state index contributed by atoms with van der Waals surface area (Å²) >= 11 is 0. The van der Waals surface area contributed by atoms with E-state index < -0.39 is 35.6 Å². The highest BCUT2D eigenvalue weighted by atomic mass is 16.5. The van der Waals surface area contributed by atoms with Gasteiger partial charge < -0.3 is 15.6 Å². The second-order valence-corrected chi connectivity index (χ2v) is 4.44. The summed E-state index contributed by atoms with van der Waals surface area (Å²) in [5, 5.41) is 9.10. The number of esters is 1. The van der Waals surface area contributed by atoms with Crippen LogP contribution in [0.3, 0.4) is 0 Å². The van der Waals surface area contributed by atoms with Gasteiger partial charge in [-0.1, -0.05) is 13.8 Å². The predicted octanol–water partition coefficient (Wildman–Crippen LogP) is 0.788. The zero-order valence-corrected chi connectivity index (χ0v) is 11.0. The van der Waals surface area contributed by atoms with E-state index in [1.165, 1.54) is 7.11 Å². The minimum atomic E-state index is -1.02. The van der Waals surface area contributed by atoms with E-state index in [0.29, 0.717) is 6.42 Å². The molecule has 0 aliphatic heterocycles. The number of hydrogen-bond acceptors (Lipinski definition) is 4. The van der Waals surface area contributed by atoms with Crippen LogP contribution in [-0.4, -0.2) is 30.1 Å². The van der Waals surface area contributed by atoms with E-state index in [1.54, 1.807) is 13.8 Å². The van der Waals surface area contributed by atoms with Crippen molar-refractivity contribution in [3.05, 3.63) is 0 Å². The average Bonchev–Trinajstić information content (AvgIpc) is 2.31. The summed E-state index contributed by atoms with van der Waals surface area (Å²) in [7, 11) is 1.26. The molecule has 3 N–H and O–H groups in total. The van der Waals surface area contributed by atoms with Crippen LogP contribution in [0.15, 0.2) is 0 Å². The molecule has 0 aromatic carbocycles. The van der Waals surface area contributed by atoms with Crippen molar-refractivity contribution in [2.75, 3.05) is 7.11 Å². The first-order valence-corrected chi connectivity index (χ1v) is 5.93. The molecule has 0 radical (unpaired) electrons. The largest absolute Gasteiger partial charge is 0.481 e. The highest BCUT2D eigenvalue weighted by Crippen LogP contribution is 2.23. The van der Waals surface area contributed by atoms with Crippen LogP contribution in [-0.2, 0) is 19.1 Å². The first-order chi connectivity index (χ1) is 8.33. The zero-order valence-electron chi connectivity index (χ0n) is 11.0. The van der Waals surface area contributed by atoms with Gasteiger partial charge in [0.05, 0.1) is 18.9 Å². The van der Waals surface area contributed by atoms with Crippen molar-refractivity contribution in [2.24, 2.45) is 23.5 Å². The van der Waals surface area contributed by atoms with Gasteiger partial charge in [-0.2, -0.15) is 0 Å². The predicted molar refractivity (Wildman–Crippen MR) is 64.5 cm³/mol. The van der Waals surface area contributed by atoms with Crippen molar-refractivity contribution in [1.29, 1.82) is 0 Å². The van der Waals surface area contributed by atoms with Gasteiger partial charge in [0.25, 0.3) is 0 Å². The molecule has 0 rings (SSSR count). The Labute approximate surface area is 106 Å². The van der Waals surface area contributed by atoms with Crippen LogP contribution in [0.5, 0.6) is 0 Å². The zero-order chi connectivity index (χ0) is 14.3. The Bertz CT molecular complexity index is 316. The van der Waals surface area contributed by atoms with Crippen LogP contribution in [0.4, 0.5) is 0 Å². The monoisotopic (exact) mass is 259 g/mol. The number of amides is 1. The summed E-state index contributed by atoms with van der Waals surface area (Å²) in [6, 6.07) is 0. The summed E-state index contributed by atoms with van der Waals surface area (Å²) in [5.41, 5.74) is 5.19. The fraction of sp³-hybridized carbons (Fsp3) is 0.750. The minimum absolute atomic E-state index is 0.145. The number of carboxylic acids is 1.